The fourth-order valence-electron chi connectivity index (χ4n) is 8.72. The number of benzene rings is 5. The topological polar surface area (TPSA) is 33.5 Å². The Labute approximate surface area is 364 Å². The van der Waals surface area contributed by atoms with Crippen LogP contribution in [-0.2, 0) is 16.2 Å². The van der Waals surface area contributed by atoms with E-state index in [1.165, 1.54) is 55.7 Å². The number of pyridine rings is 1. The maximum absolute atomic E-state index is 6.97. The molecule has 314 valence electrons. The van der Waals surface area contributed by atoms with E-state index in [1.807, 2.05) is 6.20 Å². The molecule has 0 radical (unpaired) electrons. The highest BCUT2D eigenvalue weighted by Crippen LogP contribution is 2.43. The van der Waals surface area contributed by atoms with Gasteiger partial charge in [0.05, 0.1) is 17.7 Å². The van der Waals surface area contributed by atoms with Crippen molar-refractivity contribution in [3.05, 3.63) is 155 Å². The van der Waals surface area contributed by atoms with Gasteiger partial charge >= 0.3 is 0 Å². The maximum Gasteiger partial charge on any atom is 0.137 e. The van der Waals surface area contributed by atoms with Crippen LogP contribution in [0.4, 0.5) is 11.4 Å². The summed E-state index contributed by atoms with van der Waals surface area (Å²) in [6, 6.07) is 40.2. The fourth-order valence-corrected chi connectivity index (χ4v) is 8.72. The van der Waals surface area contributed by atoms with Crippen LogP contribution in [0.1, 0.15) is 111 Å². The average Bonchev–Trinajstić information content (AvgIpc) is 3.77. The van der Waals surface area contributed by atoms with Crippen LogP contribution in [0.3, 0.4) is 0 Å². The summed E-state index contributed by atoms with van der Waals surface area (Å²) >= 11 is 0. The molecule has 0 amide bonds. The minimum atomic E-state index is -0.0970. The van der Waals surface area contributed by atoms with Crippen LogP contribution >= 0.6 is 0 Å². The number of hydrogen-bond donors (Lipinski definition) is 0. The molecule has 61 heavy (non-hydrogen) atoms. The van der Waals surface area contributed by atoms with Gasteiger partial charge in [-0.15, -0.1) is 0 Å². The Morgan fingerprint density at radius 3 is 1.77 bits per heavy atom. The molecule has 5 heteroatoms. The van der Waals surface area contributed by atoms with Crippen LogP contribution in [0.5, 0.6) is 11.5 Å². The monoisotopic (exact) mass is 809 g/mol. The highest BCUT2D eigenvalue weighted by molar-refractivity contribution is 6.10. The van der Waals surface area contributed by atoms with Crippen molar-refractivity contribution in [3.63, 3.8) is 0 Å². The molecule has 7 aromatic rings. The molecular weight excluding hydrogens is 745 g/mol. The molecule has 2 aromatic heterocycles. The maximum atomic E-state index is 6.97. The van der Waals surface area contributed by atoms with Gasteiger partial charge in [-0.2, -0.15) is 0 Å². The molecule has 0 saturated heterocycles. The third-order valence-corrected chi connectivity index (χ3v) is 12.4. The van der Waals surface area contributed by atoms with Gasteiger partial charge in [0.2, 0.25) is 0 Å². The van der Waals surface area contributed by atoms with E-state index in [0.29, 0.717) is 6.67 Å². The summed E-state index contributed by atoms with van der Waals surface area (Å²) in [5.41, 5.74) is 14.5. The first-order valence-corrected chi connectivity index (χ1v) is 21.9. The summed E-state index contributed by atoms with van der Waals surface area (Å²) in [6.07, 6.45) is 4.28. The van der Waals surface area contributed by atoms with Crippen LogP contribution in [0.25, 0.3) is 38.8 Å². The molecule has 0 aliphatic carbocycles. The molecule has 1 aliphatic heterocycles. The van der Waals surface area contributed by atoms with E-state index >= 15 is 0 Å². The Morgan fingerprint density at radius 2 is 1.15 bits per heavy atom. The Balaban J connectivity index is 1.23. The predicted molar refractivity (Wildman–Crippen MR) is 260 cm³/mol. The number of aryl methyl sites for hydroxylation is 2. The van der Waals surface area contributed by atoms with Crippen molar-refractivity contribution < 1.29 is 4.74 Å². The lowest BCUT2D eigenvalue weighted by atomic mass is 9.86. The Hall–Kier alpha value is -5.81. The van der Waals surface area contributed by atoms with E-state index in [2.05, 4.69) is 227 Å². The molecule has 3 heterocycles. The largest absolute Gasteiger partial charge is 0.457 e. The minimum absolute atomic E-state index is 0.0317. The van der Waals surface area contributed by atoms with E-state index < -0.39 is 0 Å². The lowest BCUT2D eigenvalue weighted by molar-refractivity contribution is 0.479. The van der Waals surface area contributed by atoms with Gasteiger partial charge in [0.15, 0.2) is 0 Å². The van der Waals surface area contributed by atoms with E-state index in [-0.39, 0.29) is 21.7 Å². The van der Waals surface area contributed by atoms with Gasteiger partial charge in [-0.3, -0.25) is 4.57 Å². The van der Waals surface area contributed by atoms with Crippen molar-refractivity contribution in [2.24, 2.45) is 5.41 Å². The summed E-state index contributed by atoms with van der Waals surface area (Å²) < 4.78 is 9.29. The summed E-state index contributed by atoms with van der Waals surface area (Å²) in [6.45, 7) is 32.4. The molecule has 0 fully saturated rings. The van der Waals surface area contributed by atoms with Gasteiger partial charge in [0.25, 0.3) is 0 Å². The van der Waals surface area contributed by atoms with Crippen molar-refractivity contribution in [1.29, 1.82) is 0 Å². The van der Waals surface area contributed by atoms with Crippen molar-refractivity contribution in [3.8, 4) is 28.4 Å². The number of fused-ring (bicyclic) bond motifs is 3. The molecular formula is C56H64N4O. The molecule has 1 aliphatic rings. The SMILES string of the molecule is Cc1cccc(C)c1-c1ccc2c3ccc(Oc4cc(N5C=C(C(C)(C)C)N(c6ccc(C(C)(C)C)cc6)C5)cc(C(C)(C)C)c4)cc3n(-c3cc(C(C)(C)C)ccn3)c2c1. The molecule has 0 atom stereocenters. The van der Waals surface area contributed by atoms with Gasteiger partial charge < -0.3 is 14.5 Å². The first kappa shape index (κ1) is 41.9. The van der Waals surface area contributed by atoms with Gasteiger partial charge in [-0.05, 0) is 124 Å². The van der Waals surface area contributed by atoms with Crippen molar-refractivity contribution in [2.75, 3.05) is 16.5 Å². The Bertz CT molecular complexity index is 2790. The van der Waals surface area contributed by atoms with Gasteiger partial charge in [0, 0.05) is 57.8 Å². The van der Waals surface area contributed by atoms with Crippen LogP contribution in [0.15, 0.2) is 127 Å². The van der Waals surface area contributed by atoms with Crippen molar-refractivity contribution in [2.45, 2.75) is 113 Å². The molecule has 0 saturated carbocycles. The zero-order valence-electron chi connectivity index (χ0n) is 39.0. The first-order chi connectivity index (χ1) is 28.6. The zero-order valence-corrected chi connectivity index (χ0v) is 39.0. The zero-order chi connectivity index (χ0) is 43.8. The third kappa shape index (κ3) is 8.20. The summed E-state index contributed by atoms with van der Waals surface area (Å²) in [5.74, 6) is 2.49. The lowest BCUT2D eigenvalue weighted by Gasteiger charge is -2.31. The number of rotatable bonds is 6. The highest BCUT2D eigenvalue weighted by atomic mass is 16.5. The quantitative estimate of drug-likeness (QED) is 0.168. The van der Waals surface area contributed by atoms with E-state index in [9.17, 15) is 0 Å². The molecule has 0 spiro atoms. The van der Waals surface area contributed by atoms with Crippen molar-refractivity contribution in [1.82, 2.24) is 9.55 Å². The van der Waals surface area contributed by atoms with Gasteiger partial charge in [-0.1, -0.05) is 126 Å². The Kier molecular flexibility index (Phi) is 10.3. The highest BCUT2D eigenvalue weighted by Gasteiger charge is 2.32. The number of anilines is 2. The smallest absolute Gasteiger partial charge is 0.137 e. The minimum Gasteiger partial charge on any atom is -0.457 e. The molecule has 5 aromatic carbocycles. The number of allylic oxidation sites excluding steroid dienone is 1. The predicted octanol–water partition coefficient (Wildman–Crippen LogP) is 15.3. The molecule has 0 bridgehead atoms. The van der Waals surface area contributed by atoms with Crippen LogP contribution < -0.4 is 14.5 Å². The van der Waals surface area contributed by atoms with E-state index in [4.69, 9.17) is 9.72 Å². The lowest BCUT2D eigenvalue weighted by Crippen LogP contribution is -2.30. The number of hydrogen-bond acceptors (Lipinski definition) is 4. The Morgan fingerprint density at radius 1 is 0.525 bits per heavy atom. The van der Waals surface area contributed by atoms with Crippen LogP contribution in [0, 0.1) is 19.3 Å². The van der Waals surface area contributed by atoms with Gasteiger partial charge in [0.1, 0.15) is 17.3 Å². The average molecular weight is 809 g/mol. The standard InChI is InChI=1S/C56H64N4O/c1-36-16-15-17-37(2)52(36)38-18-24-46-47-25-23-44(33-49(47)60(48(46)28-38)51-31-40(26-27-57-51)54(6,7)8)61-45-30-41(55(9,10)11)29-43(32-45)58-34-50(56(12,13)14)59(35-58)42-21-19-39(20-22-42)53(3,4)5/h15-34H,35H2,1-14H3. The van der Waals surface area contributed by atoms with Crippen LogP contribution in [0.2, 0.25) is 0 Å². The normalized spacial score (nSPS) is 14.0. The number of nitrogens with zero attached hydrogens (tertiary/aromatic N) is 4. The molecule has 5 nitrogen and oxygen atoms in total. The summed E-state index contributed by atoms with van der Waals surface area (Å²) in [7, 11) is 0. The molecule has 8 rings (SSSR count). The third-order valence-electron chi connectivity index (χ3n) is 12.4. The number of ether oxygens (including phenoxy) is 1. The summed E-state index contributed by atoms with van der Waals surface area (Å²) in [5, 5.41) is 2.35. The molecule has 0 unspecified atom stereocenters. The van der Waals surface area contributed by atoms with E-state index in [0.717, 1.165) is 39.4 Å². The summed E-state index contributed by atoms with van der Waals surface area (Å²) in [4.78, 5) is 9.85. The molecule has 0 N–H and O–H groups in total. The van der Waals surface area contributed by atoms with Crippen LogP contribution in [-0.4, -0.2) is 16.2 Å². The second-order valence-corrected chi connectivity index (χ2v) is 21.3. The second-order valence-electron chi connectivity index (χ2n) is 21.3. The number of aromatic nitrogens is 2. The van der Waals surface area contributed by atoms with E-state index in [1.54, 1.807) is 0 Å². The van der Waals surface area contributed by atoms with Gasteiger partial charge in [-0.25, -0.2) is 4.98 Å². The first-order valence-electron chi connectivity index (χ1n) is 21.9. The van der Waals surface area contributed by atoms with Crippen molar-refractivity contribution >= 4 is 33.2 Å². The second kappa shape index (κ2) is 15.0. The fraction of sp³-hybridized carbons (Fsp3) is 0.339.